The van der Waals surface area contributed by atoms with Gasteiger partial charge in [-0.15, -0.1) is 0 Å². The van der Waals surface area contributed by atoms with E-state index in [1.165, 1.54) is 5.56 Å². The minimum absolute atomic E-state index is 0.0270. The van der Waals surface area contributed by atoms with Gasteiger partial charge >= 0.3 is 0 Å². The van der Waals surface area contributed by atoms with Crippen molar-refractivity contribution in [3.05, 3.63) is 58.9 Å². The highest BCUT2D eigenvalue weighted by Crippen LogP contribution is 2.27. The van der Waals surface area contributed by atoms with Gasteiger partial charge in [0, 0.05) is 50.5 Å². The molecule has 7 nitrogen and oxygen atoms in total. The predicted octanol–water partition coefficient (Wildman–Crippen LogP) is 2.40. The van der Waals surface area contributed by atoms with Crippen LogP contribution in [0.2, 0.25) is 0 Å². The Morgan fingerprint density at radius 3 is 2.66 bits per heavy atom. The van der Waals surface area contributed by atoms with Gasteiger partial charge in [-0.25, -0.2) is 0 Å². The predicted molar refractivity (Wildman–Crippen MR) is 122 cm³/mol. The van der Waals surface area contributed by atoms with Crippen LogP contribution < -0.4 is 5.32 Å². The average molecular weight is 437 g/mol. The van der Waals surface area contributed by atoms with Crippen LogP contribution in [-0.2, 0) is 29.1 Å². The van der Waals surface area contributed by atoms with E-state index in [-0.39, 0.29) is 29.5 Å². The van der Waals surface area contributed by atoms with Crippen molar-refractivity contribution in [3.63, 3.8) is 0 Å². The number of aromatic nitrogens is 1. The third kappa shape index (κ3) is 5.46. The number of carbonyl (C=O) groups excluding carboxylic acids is 2. The van der Waals surface area contributed by atoms with Gasteiger partial charge in [0.25, 0.3) is 0 Å². The van der Waals surface area contributed by atoms with Gasteiger partial charge in [0.1, 0.15) is 5.75 Å². The van der Waals surface area contributed by atoms with Crippen molar-refractivity contribution in [2.45, 2.75) is 51.7 Å². The molecule has 0 saturated carbocycles. The monoisotopic (exact) mass is 436 g/mol. The maximum atomic E-state index is 13.2. The summed E-state index contributed by atoms with van der Waals surface area (Å²) in [4.78, 5) is 34.2. The maximum Gasteiger partial charge on any atom is 0.227 e. The van der Waals surface area contributed by atoms with Crippen molar-refractivity contribution in [2.24, 2.45) is 5.92 Å². The van der Waals surface area contributed by atoms with Crippen molar-refractivity contribution in [2.75, 3.05) is 20.1 Å². The zero-order chi connectivity index (χ0) is 22.7. The van der Waals surface area contributed by atoms with Crippen LogP contribution in [-0.4, -0.2) is 57.9 Å². The molecule has 32 heavy (non-hydrogen) atoms. The van der Waals surface area contributed by atoms with Crippen LogP contribution in [0.15, 0.2) is 36.5 Å². The van der Waals surface area contributed by atoms with Gasteiger partial charge in [-0.05, 0) is 68.1 Å². The Labute approximate surface area is 189 Å². The summed E-state index contributed by atoms with van der Waals surface area (Å²) in [6.45, 7) is 4.74. The Balaban J connectivity index is 1.28. The van der Waals surface area contributed by atoms with Crippen LogP contribution in [0.25, 0.3) is 0 Å². The highest BCUT2D eigenvalue weighted by molar-refractivity contribution is 5.80. The molecule has 0 unspecified atom stereocenters. The second-order valence-electron chi connectivity index (χ2n) is 9.22. The quantitative estimate of drug-likeness (QED) is 0.752. The molecule has 2 amide bonds. The zero-order valence-corrected chi connectivity index (χ0v) is 18.9. The van der Waals surface area contributed by atoms with Gasteiger partial charge in [-0.3, -0.25) is 14.6 Å². The largest absolute Gasteiger partial charge is 0.508 e. The highest BCUT2D eigenvalue weighted by atomic mass is 16.3. The maximum absolute atomic E-state index is 13.2. The van der Waals surface area contributed by atoms with Crippen molar-refractivity contribution in [3.8, 4) is 5.75 Å². The topological polar surface area (TPSA) is 85.8 Å². The Bertz CT molecular complexity index is 976. The first-order valence-corrected chi connectivity index (χ1v) is 11.4. The number of rotatable bonds is 5. The molecule has 0 aliphatic carbocycles. The van der Waals surface area contributed by atoms with Crippen molar-refractivity contribution >= 4 is 11.8 Å². The number of likely N-dealkylation sites (tertiary alicyclic amines) is 1. The summed E-state index contributed by atoms with van der Waals surface area (Å²) < 4.78 is 0. The van der Waals surface area contributed by atoms with Crippen LogP contribution in [0.4, 0.5) is 0 Å². The SMILES string of the molecule is Cc1cc2c(cn1)CN(C(=O)[C@@H]1CC[C@H](NC(=O)CCc3ccc(O)cc3)CN(C)C1)C2. The summed E-state index contributed by atoms with van der Waals surface area (Å²) in [5.74, 6) is 0.403. The first-order valence-electron chi connectivity index (χ1n) is 11.4. The van der Waals surface area contributed by atoms with Crippen LogP contribution in [0.1, 0.15) is 41.6 Å². The summed E-state index contributed by atoms with van der Waals surface area (Å²) in [7, 11) is 2.02. The third-order valence-electron chi connectivity index (χ3n) is 6.47. The molecular weight excluding hydrogens is 404 g/mol. The Morgan fingerprint density at radius 2 is 1.88 bits per heavy atom. The summed E-state index contributed by atoms with van der Waals surface area (Å²) in [6, 6.07) is 9.08. The molecule has 2 aliphatic rings. The Morgan fingerprint density at radius 1 is 1.12 bits per heavy atom. The highest BCUT2D eigenvalue weighted by Gasteiger charge is 2.33. The molecular formula is C25H32N4O3. The second kappa shape index (κ2) is 9.69. The summed E-state index contributed by atoms with van der Waals surface area (Å²) in [6.07, 6.45) is 4.51. The third-order valence-corrected chi connectivity index (χ3v) is 6.47. The van der Waals surface area contributed by atoms with Gasteiger partial charge in [-0.2, -0.15) is 0 Å². The van der Waals surface area contributed by atoms with E-state index in [4.69, 9.17) is 0 Å². The number of carbonyl (C=O) groups is 2. The molecule has 2 atom stereocenters. The second-order valence-corrected chi connectivity index (χ2v) is 9.22. The molecule has 3 heterocycles. The molecule has 1 fully saturated rings. The van der Waals surface area contributed by atoms with Gasteiger partial charge in [0.05, 0.1) is 5.92 Å². The molecule has 7 heteroatoms. The number of phenols is 1. The van der Waals surface area contributed by atoms with Crippen LogP contribution >= 0.6 is 0 Å². The van der Waals surface area contributed by atoms with E-state index >= 15 is 0 Å². The molecule has 2 aromatic rings. The smallest absolute Gasteiger partial charge is 0.227 e. The Hall–Kier alpha value is -2.93. The number of nitrogens with zero attached hydrogens (tertiary/aromatic N) is 3. The molecule has 0 bridgehead atoms. The molecule has 1 aromatic carbocycles. The van der Waals surface area contributed by atoms with Crippen LogP contribution in [0.3, 0.4) is 0 Å². The molecule has 4 rings (SSSR count). The average Bonchev–Trinajstić information content (AvgIpc) is 3.09. The summed E-state index contributed by atoms with van der Waals surface area (Å²) >= 11 is 0. The lowest BCUT2D eigenvalue weighted by molar-refractivity contribution is -0.136. The van der Waals surface area contributed by atoms with E-state index in [1.54, 1.807) is 12.1 Å². The summed E-state index contributed by atoms with van der Waals surface area (Å²) in [5.41, 5.74) is 4.35. The van der Waals surface area contributed by atoms with Crippen molar-refractivity contribution in [1.82, 2.24) is 20.1 Å². The van der Waals surface area contributed by atoms with E-state index < -0.39 is 0 Å². The fraction of sp³-hybridized carbons (Fsp3) is 0.480. The van der Waals surface area contributed by atoms with Crippen LogP contribution in [0.5, 0.6) is 5.75 Å². The van der Waals surface area contributed by atoms with Gasteiger partial charge in [-0.1, -0.05) is 12.1 Å². The lowest BCUT2D eigenvalue weighted by Gasteiger charge is -2.24. The number of hydrogen-bond donors (Lipinski definition) is 2. The number of hydrogen-bond acceptors (Lipinski definition) is 5. The fourth-order valence-corrected chi connectivity index (χ4v) is 4.77. The lowest BCUT2D eigenvalue weighted by Crippen LogP contribution is -2.42. The number of phenolic OH excluding ortho intramolecular Hbond substituents is 1. The number of likely N-dealkylation sites (N-methyl/N-ethyl adjacent to an activating group) is 1. The van der Waals surface area contributed by atoms with Gasteiger partial charge < -0.3 is 20.2 Å². The van der Waals surface area contributed by atoms with Crippen LogP contribution in [0, 0.1) is 12.8 Å². The first-order chi connectivity index (χ1) is 15.4. The molecule has 0 radical (unpaired) electrons. The minimum atomic E-state index is -0.0535. The lowest BCUT2D eigenvalue weighted by atomic mass is 10.00. The molecule has 1 aromatic heterocycles. The number of aromatic hydroxyl groups is 1. The van der Waals surface area contributed by atoms with E-state index in [9.17, 15) is 14.7 Å². The Kier molecular flexibility index (Phi) is 6.74. The van der Waals surface area contributed by atoms with Gasteiger partial charge in [0.2, 0.25) is 11.8 Å². The van der Waals surface area contributed by atoms with Crippen molar-refractivity contribution < 1.29 is 14.7 Å². The van der Waals surface area contributed by atoms with E-state index in [1.807, 2.05) is 37.2 Å². The summed E-state index contributed by atoms with van der Waals surface area (Å²) in [5, 5.41) is 12.5. The van der Waals surface area contributed by atoms with E-state index in [0.29, 0.717) is 32.5 Å². The molecule has 2 aliphatic heterocycles. The normalized spacial score (nSPS) is 21.1. The number of fused-ring (bicyclic) bond motifs is 1. The number of nitrogens with one attached hydrogen (secondary N) is 1. The van der Waals surface area contributed by atoms with Gasteiger partial charge in [0.15, 0.2) is 0 Å². The number of benzene rings is 1. The molecule has 0 spiro atoms. The van der Waals surface area contributed by atoms with Crippen molar-refractivity contribution in [1.29, 1.82) is 0 Å². The standard InChI is InChI=1S/C25H32N4O3/c1-17-11-20-14-29(15-21(20)12-26-17)25(32)19-6-7-22(16-28(2)13-19)27-24(31)10-5-18-3-8-23(30)9-4-18/h3-4,8-9,11-12,19,22,30H,5-7,10,13-16H2,1-2H3,(H,27,31)/t19-,22+/m1/s1. The molecule has 1 saturated heterocycles. The first kappa shape index (κ1) is 22.3. The van der Waals surface area contributed by atoms with E-state index in [0.717, 1.165) is 36.2 Å². The number of amides is 2. The number of pyridine rings is 1. The number of aryl methyl sites for hydroxylation is 2. The molecule has 170 valence electrons. The van der Waals surface area contributed by atoms with E-state index in [2.05, 4.69) is 21.3 Å². The minimum Gasteiger partial charge on any atom is -0.508 e. The fourth-order valence-electron chi connectivity index (χ4n) is 4.77. The molecule has 2 N–H and O–H groups in total. The zero-order valence-electron chi connectivity index (χ0n) is 18.9.